The Hall–Kier alpha value is -5.38. The lowest BCUT2D eigenvalue weighted by Crippen LogP contribution is -2.41. The van der Waals surface area contributed by atoms with Crippen LogP contribution in [0.5, 0.6) is 0 Å². The molecule has 74 heavy (non-hydrogen) atoms. The number of primary amides is 1. The van der Waals surface area contributed by atoms with Crippen molar-refractivity contribution < 1.29 is 24.0 Å². The number of likely N-dealkylation sites (N-methyl/N-ethyl adjacent to an activating group) is 1. The first-order chi connectivity index (χ1) is 34.7. The lowest BCUT2D eigenvalue weighted by molar-refractivity contribution is -0.122. The number of nitrogens with one attached hydrogen (secondary N) is 3. The van der Waals surface area contributed by atoms with Gasteiger partial charge in [-0.05, 0) is 80.0 Å². The minimum Gasteiger partial charge on any atom is -0.366 e. The molecule has 1 aliphatic heterocycles. The molecule has 2 aromatic heterocycles. The second-order valence-electron chi connectivity index (χ2n) is 22.1. The molecule has 0 saturated carbocycles. The van der Waals surface area contributed by atoms with Crippen LogP contribution in [0.3, 0.4) is 0 Å². The van der Waals surface area contributed by atoms with Crippen LogP contribution in [0.1, 0.15) is 232 Å². The summed E-state index contributed by atoms with van der Waals surface area (Å²) < 4.78 is 2.25. The van der Waals surface area contributed by atoms with Gasteiger partial charge in [-0.15, -0.1) is 5.10 Å². The number of aryl methyl sites for hydroxylation is 1. The summed E-state index contributed by atoms with van der Waals surface area (Å²) in [6.45, 7) is 28.8. The maximum absolute atomic E-state index is 12.0. The standard InChI is InChI=1S/C15H30O.C13H19NO.C11H22O.C10H14N6O2.C9H15N3O/c1-4-5-6-7-8-9-10-11-12-13-15(16)14(2)3;1-10(2)13(15)12-6-4-11(5-7-12)8-9-14-3;1-4-5-6-7-8-9-11(12)10(2)3;1-10(2,3)12-8(17)6-7-13-14-15(4)9(18)16(7)5-11-6;1-9(2,3)12-8-6(7(10)13)4-5-11-8/h14H,4-13H2,1-3H3;4-7,10,14H,8-9H2,1-3H3;10H,4-9H2,1-3H3;5H,1-4H3,(H,12,17);5,12H,4H2,1-3H3,(H2,10,13). The van der Waals surface area contributed by atoms with Crippen molar-refractivity contribution in [2.45, 2.75) is 224 Å². The van der Waals surface area contributed by atoms with Crippen molar-refractivity contribution in [3.8, 4) is 0 Å². The SMILES string of the molecule is CC(C)(C)NC1=C(C(N)=O)CC=N1.CCCCCCCC(=O)C(C)C.CCCCCCCCCCCC(=O)C(C)C.CNCCc1ccc(C(=O)C(C)C)cc1.Cn1nnc2c(C(=O)NC(C)(C)C)ncn2c1=O. The van der Waals surface area contributed by atoms with Gasteiger partial charge in [0.05, 0.1) is 5.57 Å². The number of carbonyl (C=O) groups excluding carboxylic acids is 5. The number of nitrogens with two attached hydrogens (primary N) is 1. The fourth-order valence-corrected chi connectivity index (χ4v) is 7.05. The fraction of sp³-hybridized carbons (Fsp3) is 0.690. The number of aliphatic imine (C=N–C) groups is 1. The zero-order valence-electron chi connectivity index (χ0n) is 48.8. The van der Waals surface area contributed by atoms with E-state index in [1.54, 1.807) is 6.21 Å². The highest BCUT2D eigenvalue weighted by Gasteiger charge is 2.22. The molecule has 0 aliphatic carbocycles. The number of Topliss-reactive ketones (excluding diaryl/α,β-unsaturated/α-hetero) is 3. The molecule has 0 saturated heterocycles. The van der Waals surface area contributed by atoms with Crippen LogP contribution in [-0.4, -0.2) is 84.4 Å². The molecule has 5 N–H and O–H groups in total. The van der Waals surface area contributed by atoms with E-state index in [1.165, 1.54) is 100 Å². The van der Waals surface area contributed by atoms with Crippen molar-refractivity contribution in [2.75, 3.05) is 13.6 Å². The second-order valence-corrected chi connectivity index (χ2v) is 22.1. The predicted octanol–water partition coefficient (Wildman–Crippen LogP) is 10.9. The molecule has 0 unspecified atom stereocenters. The minimum atomic E-state index is -0.401. The molecule has 1 aromatic carbocycles. The zero-order chi connectivity index (χ0) is 56.4. The molecule has 0 spiro atoms. The summed E-state index contributed by atoms with van der Waals surface area (Å²) in [6.07, 6.45) is 24.2. The van der Waals surface area contributed by atoms with Gasteiger partial charge in [0.2, 0.25) is 5.91 Å². The number of hydrogen-bond donors (Lipinski definition) is 4. The number of aromatic nitrogens is 5. The van der Waals surface area contributed by atoms with E-state index in [0.717, 1.165) is 48.9 Å². The first kappa shape index (κ1) is 68.6. The molecular weight excluding hydrogens is 933 g/mol. The second kappa shape index (κ2) is 37.4. The molecule has 16 nitrogen and oxygen atoms in total. The van der Waals surface area contributed by atoms with E-state index < -0.39 is 11.6 Å². The number of benzene rings is 1. The number of ketones is 3. The summed E-state index contributed by atoms with van der Waals surface area (Å²) in [5.41, 5.74) is 7.20. The molecule has 0 atom stereocenters. The van der Waals surface area contributed by atoms with Crippen LogP contribution >= 0.6 is 0 Å². The van der Waals surface area contributed by atoms with E-state index in [1.807, 2.05) is 114 Å². The number of unbranched alkanes of at least 4 members (excludes halogenated alkanes) is 12. The van der Waals surface area contributed by atoms with Gasteiger partial charge in [0.1, 0.15) is 23.7 Å². The van der Waals surface area contributed by atoms with Crippen LogP contribution in [0, 0.1) is 17.8 Å². The van der Waals surface area contributed by atoms with Gasteiger partial charge >= 0.3 is 5.69 Å². The maximum atomic E-state index is 12.0. The highest BCUT2D eigenvalue weighted by molar-refractivity contribution is 5.99. The molecule has 0 bridgehead atoms. The Kier molecular flexibility index (Phi) is 34.6. The number of fused-ring (bicyclic) bond motifs is 1. The van der Waals surface area contributed by atoms with Crippen LogP contribution in [0.15, 0.2) is 51.8 Å². The van der Waals surface area contributed by atoms with Gasteiger partial charge in [0.25, 0.3) is 5.91 Å². The third kappa shape index (κ3) is 30.7. The van der Waals surface area contributed by atoms with Crippen molar-refractivity contribution in [1.82, 2.24) is 40.3 Å². The molecular formula is C58H100N10O6. The highest BCUT2D eigenvalue weighted by Crippen LogP contribution is 2.17. The van der Waals surface area contributed by atoms with Crippen molar-refractivity contribution in [2.24, 2.45) is 35.5 Å². The Morgan fingerprint density at radius 2 is 1.19 bits per heavy atom. The largest absolute Gasteiger partial charge is 0.366 e. The zero-order valence-corrected chi connectivity index (χ0v) is 48.8. The van der Waals surface area contributed by atoms with E-state index in [9.17, 15) is 28.8 Å². The summed E-state index contributed by atoms with van der Waals surface area (Å²) in [5.74, 6) is 1.44. The number of nitrogens with zero attached hydrogens (tertiary/aromatic N) is 6. The van der Waals surface area contributed by atoms with Crippen LogP contribution in [-0.2, 0) is 27.9 Å². The van der Waals surface area contributed by atoms with Gasteiger partial charge in [-0.2, -0.15) is 4.68 Å². The average Bonchev–Trinajstić information content (AvgIpc) is 3.99. The lowest BCUT2D eigenvalue weighted by Gasteiger charge is -2.22. The Morgan fingerprint density at radius 3 is 1.61 bits per heavy atom. The van der Waals surface area contributed by atoms with Crippen molar-refractivity contribution in [1.29, 1.82) is 0 Å². The van der Waals surface area contributed by atoms with Gasteiger partial charge in [0.15, 0.2) is 17.1 Å². The first-order valence-electron chi connectivity index (χ1n) is 27.5. The molecule has 3 aromatic rings. The van der Waals surface area contributed by atoms with Gasteiger partial charge in [-0.1, -0.05) is 162 Å². The van der Waals surface area contributed by atoms with E-state index in [-0.39, 0.29) is 51.9 Å². The van der Waals surface area contributed by atoms with Gasteiger partial charge < -0.3 is 21.7 Å². The molecule has 418 valence electrons. The van der Waals surface area contributed by atoms with Gasteiger partial charge in [-0.25, -0.2) is 19.2 Å². The molecule has 16 heteroatoms. The average molecular weight is 1030 g/mol. The Balaban J connectivity index is 0.000000907. The molecule has 3 heterocycles. The minimum absolute atomic E-state index is 0.0770. The summed E-state index contributed by atoms with van der Waals surface area (Å²) in [5, 5.41) is 16.4. The third-order valence-corrected chi connectivity index (χ3v) is 11.6. The summed E-state index contributed by atoms with van der Waals surface area (Å²) in [4.78, 5) is 76.8. The highest BCUT2D eigenvalue weighted by atomic mass is 16.2. The van der Waals surface area contributed by atoms with Crippen LogP contribution in [0.2, 0.25) is 0 Å². The Labute approximate surface area is 445 Å². The van der Waals surface area contributed by atoms with Crippen molar-refractivity contribution in [3.05, 3.63) is 69.3 Å². The van der Waals surface area contributed by atoms with Crippen LogP contribution < -0.4 is 27.4 Å². The van der Waals surface area contributed by atoms with Crippen molar-refractivity contribution in [3.63, 3.8) is 0 Å². The number of imidazole rings is 1. The smallest absolute Gasteiger partial charge is 0.352 e. The van der Waals surface area contributed by atoms with Gasteiger partial charge in [0, 0.05) is 66.9 Å². The molecule has 2 amide bonds. The van der Waals surface area contributed by atoms with Crippen LogP contribution in [0.4, 0.5) is 0 Å². The normalized spacial score (nSPS) is 12.0. The number of amides is 2. The predicted molar refractivity (Wildman–Crippen MR) is 304 cm³/mol. The molecule has 1 aliphatic rings. The lowest BCUT2D eigenvalue weighted by atomic mass is 9.99. The number of hydrogen-bond acceptors (Lipinski definition) is 12. The molecule has 0 fully saturated rings. The monoisotopic (exact) mass is 1030 g/mol. The Bertz CT molecular complexity index is 2220. The van der Waals surface area contributed by atoms with E-state index in [4.69, 9.17) is 5.73 Å². The quantitative estimate of drug-likeness (QED) is 0.0437. The van der Waals surface area contributed by atoms with E-state index >= 15 is 0 Å². The molecule has 0 radical (unpaired) electrons. The Morgan fingerprint density at radius 1 is 0.703 bits per heavy atom. The summed E-state index contributed by atoms with van der Waals surface area (Å²) in [6, 6.07) is 7.92. The topological polar surface area (TPSA) is 225 Å². The van der Waals surface area contributed by atoms with E-state index in [2.05, 4.69) is 50.1 Å². The third-order valence-electron chi connectivity index (χ3n) is 11.6. The number of rotatable bonds is 26. The van der Waals surface area contributed by atoms with Gasteiger partial charge in [-0.3, -0.25) is 24.0 Å². The first-order valence-corrected chi connectivity index (χ1v) is 27.5. The number of carbonyl (C=O) groups is 5. The van der Waals surface area contributed by atoms with Crippen molar-refractivity contribution >= 4 is 41.0 Å². The van der Waals surface area contributed by atoms with E-state index in [0.29, 0.717) is 29.4 Å². The summed E-state index contributed by atoms with van der Waals surface area (Å²) >= 11 is 0. The fourth-order valence-electron chi connectivity index (χ4n) is 7.05. The summed E-state index contributed by atoms with van der Waals surface area (Å²) in [7, 11) is 3.42. The molecule has 4 rings (SSSR count). The maximum Gasteiger partial charge on any atom is 0.352 e. The van der Waals surface area contributed by atoms with Crippen LogP contribution in [0.25, 0.3) is 5.65 Å².